The van der Waals surface area contributed by atoms with Gasteiger partial charge < -0.3 is 20.3 Å². The molecule has 0 bridgehead atoms. The summed E-state index contributed by atoms with van der Waals surface area (Å²) in [6.07, 6.45) is -1.29. The first-order chi connectivity index (χ1) is 10.7. The maximum Gasteiger partial charge on any atom is 0.472 e. The molecular formula is C10H14N5O7P. The molecule has 2 heterocycles. The molecule has 0 saturated carbocycles. The highest BCUT2D eigenvalue weighted by Gasteiger charge is 2.22. The SMILES string of the molecule is CCn1nc(C)c2c(=O)n(C(=O)OCOP(=O)(O)O)nc(N)c21. The van der Waals surface area contributed by atoms with E-state index in [2.05, 4.69) is 19.5 Å². The number of nitrogen functional groups attached to an aromatic ring is 1. The summed E-state index contributed by atoms with van der Waals surface area (Å²) in [6.45, 7) is 2.76. The first kappa shape index (κ1) is 17.1. The Morgan fingerprint density at radius 3 is 2.61 bits per heavy atom. The van der Waals surface area contributed by atoms with Crippen molar-refractivity contribution in [3.05, 3.63) is 16.0 Å². The molecule has 0 aliphatic heterocycles. The fraction of sp³-hybridized carbons (Fsp3) is 0.400. The summed E-state index contributed by atoms with van der Waals surface area (Å²) in [5.41, 5.74) is 5.60. The van der Waals surface area contributed by atoms with Gasteiger partial charge in [-0.25, -0.2) is 13.9 Å². The predicted octanol–water partition coefficient (Wildman–Crippen LogP) is -0.445. The Kier molecular flexibility index (Phi) is 4.52. The highest BCUT2D eigenvalue weighted by molar-refractivity contribution is 7.46. The van der Waals surface area contributed by atoms with Crippen molar-refractivity contribution in [3.63, 3.8) is 0 Å². The van der Waals surface area contributed by atoms with Crippen LogP contribution in [0, 0.1) is 6.92 Å². The number of hydrogen-bond donors (Lipinski definition) is 3. The number of aromatic nitrogens is 4. The lowest BCUT2D eigenvalue weighted by atomic mass is 10.3. The van der Waals surface area contributed by atoms with Gasteiger partial charge in [-0.2, -0.15) is 5.10 Å². The quantitative estimate of drug-likeness (QED) is 0.486. The highest BCUT2D eigenvalue weighted by atomic mass is 31.2. The Bertz CT molecular complexity index is 867. The Morgan fingerprint density at radius 1 is 1.39 bits per heavy atom. The monoisotopic (exact) mass is 347 g/mol. The molecule has 0 aliphatic carbocycles. The first-order valence-corrected chi connectivity index (χ1v) is 7.82. The number of fused-ring (bicyclic) bond motifs is 1. The standard InChI is InChI=1S/C10H14N5O7P/c1-3-14-7-6(5(2)12-14)9(16)15(13-8(7)11)10(17)21-4-22-23(18,19)20/h3-4H2,1-2H3,(H2,11,13)(H2,18,19,20). The van der Waals surface area contributed by atoms with Crippen molar-refractivity contribution >= 4 is 30.6 Å². The largest absolute Gasteiger partial charge is 0.472 e. The minimum Gasteiger partial charge on any atom is -0.420 e. The smallest absolute Gasteiger partial charge is 0.420 e. The Morgan fingerprint density at radius 2 is 2.04 bits per heavy atom. The second-order valence-electron chi connectivity index (χ2n) is 4.37. The zero-order chi connectivity index (χ0) is 17.4. The number of nitrogens with two attached hydrogens (primary N) is 1. The van der Waals surface area contributed by atoms with E-state index in [1.807, 2.05) is 0 Å². The molecule has 4 N–H and O–H groups in total. The maximum absolute atomic E-state index is 12.3. The molecule has 2 aromatic rings. The normalized spacial score (nSPS) is 11.8. The van der Waals surface area contributed by atoms with Gasteiger partial charge >= 0.3 is 13.9 Å². The van der Waals surface area contributed by atoms with Crippen molar-refractivity contribution in [3.8, 4) is 0 Å². The van der Waals surface area contributed by atoms with E-state index >= 15 is 0 Å². The second kappa shape index (κ2) is 6.08. The number of phosphoric acid groups is 1. The summed E-state index contributed by atoms with van der Waals surface area (Å²) in [7, 11) is -4.81. The van der Waals surface area contributed by atoms with Crippen LogP contribution in [0.15, 0.2) is 4.79 Å². The molecular weight excluding hydrogens is 333 g/mol. The zero-order valence-electron chi connectivity index (χ0n) is 12.2. The molecule has 0 unspecified atom stereocenters. The molecule has 126 valence electrons. The summed E-state index contributed by atoms with van der Waals surface area (Å²) in [4.78, 5) is 41.1. The molecule has 2 rings (SSSR count). The number of carbonyl (C=O) groups excluding carboxylic acids is 1. The molecule has 13 heteroatoms. The third-order valence-corrected chi connectivity index (χ3v) is 3.30. The van der Waals surface area contributed by atoms with Crippen molar-refractivity contribution < 1.29 is 28.4 Å². The van der Waals surface area contributed by atoms with Gasteiger partial charge in [-0.05, 0) is 13.8 Å². The average molecular weight is 347 g/mol. The van der Waals surface area contributed by atoms with Gasteiger partial charge in [0.1, 0.15) is 5.52 Å². The highest BCUT2D eigenvalue weighted by Crippen LogP contribution is 2.35. The van der Waals surface area contributed by atoms with Crippen LogP contribution in [-0.4, -0.2) is 42.2 Å². The van der Waals surface area contributed by atoms with E-state index in [9.17, 15) is 14.2 Å². The van der Waals surface area contributed by atoms with E-state index < -0.39 is 26.3 Å². The van der Waals surface area contributed by atoms with Gasteiger partial charge in [0.15, 0.2) is 5.82 Å². The molecule has 23 heavy (non-hydrogen) atoms. The molecule has 12 nitrogen and oxygen atoms in total. The van der Waals surface area contributed by atoms with Crippen LogP contribution in [0.1, 0.15) is 12.6 Å². The molecule has 0 fully saturated rings. The van der Waals surface area contributed by atoms with Gasteiger partial charge in [-0.15, -0.1) is 9.78 Å². The van der Waals surface area contributed by atoms with Crippen molar-refractivity contribution in [1.82, 2.24) is 19.6 Å². The zero-order valence-corrected chi connectivity index (χ0v) is 13.1. The minimum atomic E-state index is -4.81. The lowest BCUT2D eigenvalue weighted by Gasteiger charge is -2.08. The van der Waals surface area contributed by atoms with Crippen molar-refractivity contribution in [2.24, 2.45) is 0 Å². The van der Waals surface area contributed by atoms with E-state index in [1.165, 1.54) is 4.68 Å². The van der Waals surface area contributed by atoms with Crippen molar-refractivity contribution in [2.75, 3.05) is 12.5 Å². The fourth-order valence-corrected chi connectivity index (χ4v) is 2.15. The van der Waals surface area contributed by atoms with E-state index in [0.717, 1.165) is 0 Å². The molecule has 0 aliphatic rings. The molecule has 0 amide bonds. The number of carbonyl (C=O) groups is 1. The summed E-state index contributed by atoms with van der Waals surface area (Å²) < 4.78 is 20.7. The second-order valence-corrected chi connectivity index (χ2v) is 5.61. The van der Waals surface area contributed by atoms with Crippen LogP contribution < -0.4 is 11.3 Å². The lowest BCUT2D eigenvalue weighted by Crippen LogP contribution is -2.31. The number of aryl methyl sites for hydroxylation is 2. The predicted molar refractivity (Wildman–Crippen MR) is 76.5 cm³/mol. The molecule has 0 radical (unpaired) electrons. The van der Waals surface area contributed by atoms with Crippen LogP contribution >= 0.6 is 7.82 Å². The van der Waals surface area contributed by atoms with Crippen LogP contribution in [0.25, 0.3) is 10.9 Å². The summed E-state index contributed by atoms with van der Waals surface area (Å²) in [5, 5.41) is 7.87. The number of phosphoric ester groups is 1. The van der Waals surface area contributed by atoms with E-state index in [4.69, 9.17) is 15.5 Å². The molecule has 0 saturated heterocycles. The van der Waals surface area contributed by atoms with Gasteiger partial charge in [0.05, 0.1) is 11.1 Å². The van der Waals surface area contributed by atoms with Crippen LogP contribution in [-0.2, 0) is 20.4 Å². The number of anilines is 1. The van der Waals surface area contributed by atoms with E-state index in [1.54, 1.807) is 13.8 Å². The third kappa shape index (κ3) is 3.40. The van der Waals surface area contributed by atoms with Crippen LogP contribution in [0.2, 0.25) is 0 Å². The van der Waals surface area contributed by atoms with Crippen molar-refractivity contribution in [2.45, 2.75) is 20.4 Å². The van der Waals surface area contributed by atoms with E-state index in [0.29, 0.717) is 22.4 Å². The topological polar surface area (TPSA) is 172 Å². The Balaban J connectivity index is 2.41. The van der Waals surface area contributed by atoms with Gasteiger partial charge in [-0.1, -0.05) is 0 Å². The summed E-state index contributed by atoms with van der Waals surface area (Å²) in [5.74, 6) is -0.116. The lowest BCUT2D eigenvalue weighted by molar-refractivity contribution is 0.0385. The Labute approximate surface area is 128 Å². The molecule has 0 spiro atoms. The summed E-state index contributed by atoms with van der Waals surface area (Å²) in [6, 6.07) is 0. The molecule has 0 aromatic carbocycles. The third-order valence-electron chi connectivity index (χ3n) is 2.86. The van der Waals surface area contributed by atoms with Crippen molar-refractivity contribution in [1.29, 1.82) is 0 Å². The van der Waals surface area contributed by atoms with Gasteiger partial charge in [0.2, 0.25) is 6.79 Å². The number of nitrogens with zero attached hydrogens (tertiary/aromatic N) is 4. The number of hydrogen-bond acceptors (Lipinski definition) is 8. The number of rotatable bonds is 4. The van der Waals surface area contributed by atoms with Crippen LogP contribution in [0.5, 0.6) is 0 Å². The molecule has 2 aromatic heterocycles. The number of ether oxygens (including phenoxy) is 1. The van der Waals surface area contributed by atoms with Gasteiger partial charge in [0.25, 0.3) is 5.56 Å². The summed E-state index contributed by atoms with van der Waals surface area (Å²) >= 11 is 0. The van der Waals surface area contributed by atoms with Crippen LogP contribution in [0.3, 0.4) is 0 Å². The Hall–Kier alpha value is -2.27. The maximum atomic E-state index is 12.3. The van der Waals surface area contributed by atoms with Crippen LogP contribution in [0.4, 0.5) is 10.6 Å². The van der Waals surface area contributed by atoms with Gasteiger partial charge in [0, 0.05) is 6.54 Å². The average Bonchev–Trinajstić information content (AvgIpc) is 2.79. The first-order valence-electron chi connectivity index (χ1n) is 6.28. The molecule has 0 atom stereocenters. The fourth-order valence-electron chi connectivity index (χ4n) is 1.96. The van der Waals surface area contributed by atoms with E-state index in [-0.39, 0.29) is 11.2 Å². The van der Waals surface area contributed by atoms with Gasteiger partial charge in [-0.3, -0.25) is 9.48 Å². The minimum absolute atomic E-state index is 0.104.